The number of rotatable bonds is 5. The molecule has 1 fully saturated rings. The highest BCUT2D eigenvalue weighted by molar-refractivity contribution is 5.41. The average molecular weight is 235 g/mol. The molecule has 1 aliphatic heterocycles. The third-order valence-electron chi connectivity index (χ3n) is 3.28. The van der Waals surface area contributed by atoms with E-state index in [2.05, 4.69) is 34.4 Å². The lowest BCUT2D eigenvalue weighted by atomic mass is 10.1. The largest absolute Gasteiger partial charge is 0.383 e. The molecule has 1 aromatic rings. The Morgan fingerprint density at radius 2 is 2.41 bits per heavy atom. The van der Waals surface area contributed by atoms with Crippen molar-refractivity contribution in [3.8, 4) is 0 Å². The van der Waals surface area contributed by atoms with Gasteiger partial charge in [0.05, 0.1) is 30.2 Å². The fourth-order valence-electron chi connectivity index (χ4n) is 2.29. The molecule has 0 amide bonds. The summed E-state index contributed by atoms with van der Waals surface area (Å²) < 4.78 is 4.99. The topological polar surface area (TPSA) is 37.4 Å². The first-order chi connectivity index (χ1) is 8.31. The Labute approximate surface area is 103 Å². The Bertz CT molecular complexity index is 339. The summed E-state index contributed by atoms with van der Waals surface area (Å²) >= 11 is 0. The smallest absolute Gasteiger partial charge is 0.0635 e. The van der Waals surface area contributed by atoms with Gasteiger partial charge >= 0.3 is 0 Å². The first-order valence-electron chi connectivity index (χ1n) is 6.20. The van der Waals surface area contributed by atoms with E-state index in [1.165, 1.54) is 25.1 Å². The minimum absolute atomic E-state index is 0.503. The van der Waals surface area contributed by atoms with Crippen LogP contribution in [0.3, 0.4) is 0 Å². The molecular formula is C13H21N3O. The molecule has 1 aromatic heterocycles. The van der Waals surface area contributed by atoms with Crippen LogP contribution in [-0.2, 0) is 4.74 Å². The van der Waals surface area contributed by atoms with E-state index >= 15 is 0 Å². The van der Waals surface area contributed by atoms with Crippen molar-refractivity contribution < 1.29 is 4.74 Å². The molecule has 0 bridgehead atoms. The molecule has 0 aliphatic carbocycles. The molecule has 17 heavy (non-hydrogen) atoms. The average Bonchev–Trinajstić information content (AvgIpc) is 2.77. The summed E-state index contributed by atoms with van der Waals surface area (Å²) in [6, 6.07) is 4.73. The summed E-state index contributed by atoms with van der Waals surface area (Å²) in [6.07, 6.45) is 4.41. The van der Waals surface area contributed by atoms with Gasteiger partial charge in [-0.2, -0.15) is 0 Å². The normalized spacial score (nSPS) is 20.7. The second kappa shape index (κ2) is 5.98. The van der Waals surface area contributed by atoms with Gasteiger partial charge in [-0.25, -0.2) is 0 Å². The van der Waals surface area contributed by atoms with Gasteiger partial charge < -0.3 is 10.1 Å². The molecule has 0 spiro atoms. The summed E-state index contributed by atoms with van der Waals surface area (Å²) in [7, 11) is 3.88. The maximum absolute atomic E-state index is 4.99. The van der Waals surface area contributed by atoms with Crippen molar-refractivity contribution in [2.24, 2.45) is 0 Å². The van der Waals surface area contributed by atoms with Crippen LogP contribution in [0.2, 0.25) is 0 Å². The van der Waals surface area contributed by atoms with Crippen LogP contribution < -0.4 is 5.32 Å². The minimum atomic E-state index is 0.503. The van der Waals surface area contributed by atoms with E-state index < -0.39 is 0 Å². The van der Waals surface area contributed by atoms with E-state index in [0.29, 0.717) is 12.6 Å². The van der Waals surface area contributed by atoms with Crippen molar-refractivity contribution in [1.82, 2.24) is 9.88 Å². The number of pyridine rings is 1. The van der Waals surface area contributed by atoms with Gasteiger partial charge in [-0.3, -0.25) is 9.88 Å². The van der Waals surface area contributed by atoms with Gasteiger partial charge in [-0.05, 0) is 38.6 Å². The molecule has 4 heteroatoms. The summed E-state index contributed by atoms with van der Waals surface area (Å²) in [6.45, 7) is 2.72. The lowest BCUT2D eigenvalue weighted by Gasteiger charge is -2.18. The first-order valence-corrected chi connectivity index (χ1v) is 6.20. The predicted octanol–water partition coefficient (Wildman–Crippen LogP) is 1.91. The van der Waals surface area contributed by atoms with Crippen molar-refractivity contribution in [1.29, 1.82) is 0 Å². The van der Waals surface area contributed by atoms with Crippen LogP contribution in [0.25, 0.3) is 0 Å². The maximum atomic E-state index is 4.99. The summed E-state index contributed by atoms with van der Waals surface area (Å²) in [5, 5.41) is 3.27. The summed E-state index contributed by atoms with van der Waals surface area (Å²) in [5.74, 6) is 0. The number of ether oxygens (including phenoxy) is 1. The molecule has 0 unspecified atom stereocenters. The van der Waals surface area contributed by atoms with Gasteiger partial charge in [-0.15, -0.1) is 0 Å². The predicted molar refractivity (Wildman–Crippen MR) is 69.2 cm³/mol. The standard InChI is InChI=1S/C13H21N3O/c1-16-8-3-4-13(16)12-6-5-11(10-15-12)14-7-9-17-2/h5-6,10,13-14H,3-4,7-9H2,1-2H3/t13-/m0/s1. The number of likely N-dealkylation sites (tertiary alicyclic amines) is 1. The van der Waals surface area contributed by atoms with Gasteiger partial charge in [0.15, 0.2) is 0 Å². The van der Waals surface area contributed by atoms with Crippen molar-refractivity contribution in [3.05, 3.63) is 24.0 Å². The highest BCUT2D eigenvalue weighted by Gasteiger charge is 2.23. The second-order valence-electron chi connectivity index (χ2n) is 4.53. The Balaban J connectivity index is 1.93. The second-order valence-corrected chi connectivity index (χ2v) is 4.53. The van der Waals surface area contributed by atoms with Gasteiger partial charge in [0.2, 0.25) is 0 Å². The van der Waals surface area contributed by atoms with E-state index in [1.807, 2.05) is 6.20 Å². The quantitative estimate of drug-likeness (QED) is 0.791. The minimum Gasteiger partial charge on any atom is -0.383 e. The number of hydrogen-bond acceptors (Lipinski definition) is 4. The Morgan fingerprint density at radius 1 is 1.53 bits per heavy atom. The molecule has 1 saturated heterocycles. The molecular weight excluding hydrogens is 214 g/mol. The number of nitrogens with zero attached hydrogens (tertiary/aromatic N) is 2. The highest BCUT2D eigenvalue weighted by atomic mass is 16.5. The van der Waals surface area contributed by atoms with Crippen LogP contribution >= 0.6 is 0 Å². The molecule has 0 saturated carbocycles. The van der Waals surface area contributed by atoms with Crippen LogP contribution in [0.5, 0.6) is 0 Å². The number of methoxy groups -OCH3 is 1. The zero-order valence-corrected chi connectivity index (χ0v) is 10.6. The van der Waals surface area contributed by atoms with Gasteiger partial charge in [0.25, 0.3) is 0 Å². The number of nitrogens with one attached hydrogen (secondary N) is 1. The molecule has 1 N–H and O–H groups in total. The van der Waals surface area contributed by atoms with Crippen LogP contribution in [-0.4, -0.2) is 43.7 Å². The molecule has 94 valence electrons. The Hall–Kier alpha value is -1.13. The zero-order valence-electron chi connectivity index (χ0n) is 10.6. The number of hydrogen-bond donors (Lipinski definition) is 1. The van der Waals surface area contributed by atoms with Gasteiger partial charge in [0.1, 0.15) is 0 Å². The van der Waals surface area contributed by atoms with E-state index in [-0.39, 0.29) is 0 Å². The zero-order chi connectivity index (χ0) is 12.1. The fourth-order valence-corrected chi connectivity index (χ4v) is 2.29. The van der Waals surface area contributed by atoms with Crippen molar-refractivity contribution >= 4 is 5.69 Å². The summed E-state index contributed by atoms with van der Waals surface area (Å²) in [4.78, 5) is 6.92. The molecule has 2 heterocycles. The van der Waals surface area contributed by atoms with Gasteiger partial charge in [-0.1, -0.05) is 0 Å². The maximum Gasteiger partial charge on any atom is 0.0635 e. The van der Waals surface area contributed by atoms with Crippen LogP contribution in [0.4, 0.5) is 5.69 Å². The van der Waals surface area contributed by atoms with Crippen molar-refractivity contribution in [2.45, 2.75) is 18.9 Å². The third kappa shape index (κ3) is 3.17. The van der Waals surface area contributed by atoms with Crippen molar-refractivity contribution in [2.75, 3.05) is 39.2 Å². The van der Waals surface area contributed by atoms with E-state index in [4.69, 9.17) is 4.74 Å². The highest BCUT2D eigenvalue weighted by Crippen LogP contribution is 2.29. The lowest BCUT2D eigenvalue weighted by molar-refractivity contribution is 0.211. The van der Waals surface area contributed by atoms with Crippen LogP contribution in [0.15, 0.2) is 18.3 Å². The molecule has 1 atom stereocenters. The molecule has 1 aliphatic rings. The third-order valence-corrected chi connectivity index (χ3v) is 3.28. The van der Waals surface area contributed by atoms with Crippen molar-refractivity contribution in [3.63, 3.8) is 0 Å². The van der Waals surface area contributed by atoms with E-state index in [9.17, 15) is 0 Å². The SMILES string of the molecule is COCCNc1ccc([C@@H]2CCCN2C)nc1. The van der Waals surface area contributed by atoms with E-state index in [0.717, 1.165) is 12.2 Å². The van der Waals surface area contributed by atoms with E-state index in [1.54, 1.807) is 7.11 Å². The van der Waals surface area contributed by atoms with Gasteiger partial charge in [0, 0.05) is 13.7 Å². The molecule has 4 nitrogen and oxygen atoms in total. The molecule has 0 radical (unpaired) electrons. The Kier molecular flexibility index (Phi) is 4.34. The van der Waals surface area contributed by atoms with Crippen LogP contribution in [0.1, 0.15) is 24.6 Å². The lowest BCUT2D eigenvalue weighted by Crippen LogP contribution is -2.18. The number of aromatic nitrogens is 1. The molecule has 2 rings (SSSR count). The summed E-state index contributed by atoms with van der Waals surface area (Å²) in [5.41, 5.74) is 2.24. The monoisotopic (exact) mass is 235 g/mol. The number of anilines is 1. The Morgan fingerprint density at radius 3 is 3.00 bits per heavy atom. The fraction of sp³-hybridized carbons (Fsp3) is 0.615. The van der Waals surface area contributed by atoms with Crippen LogP contribution in [0, 0.1) is 0 Å². The first kappa shape index (κ1) is 12.3. The molecule has 0 aromatic carbocycles.